The summed E-state index contributed by atoms with van der Waals surface area (Å²) in [7, 11) is 2.04. The van der Waals surface area contributed by atoms with Crippen molar-refractivity contribution in [3.63, 3.8) is 0 Å². The van der Waals surface area contributed by atoms with E-state index in [2.05, 4.69) is 22.0 Å². The Hall–Kier alpha value is -1.35. The quantitative estimate of drug-likeness (QED) is 0.723. The molecule has 13 heavy (non-hydrogen) atoms. The van der Waals surface area contributed by atoms with Crippen molar-refractivity contribution in [2.75, 3.05) is 11.9 Å². The largest absolute Gasteiger partial charge is 0.335 e. The summed E-state index contributed by atoms with van der Waals surface area (Å²) in [6, 6.07) is 10.3. The first-order chi connectivity index (χ1) is 6.38. The van der Waals surface area contributed by atoms with Crippen LogP contribution in [0.2, 0.25) is 0 Å². The van der Waals surface area contributed by atoms with Gasteiger partial charge in [-0.3, -0.25) is 4.98 Å². The summed E-state index contributed by atoms with van der Waals surface area (Å²) in [6.45, 7) is 0. The number of hydrogen-bond acceptors (Lipinski definition) is 3. The van der Waals surface area contributed by atoms with Gasteiger partial charge in [-0.05, 0) is 12.1 Å². The van der Waals surface area contributed by atoms with Gasteiger partial charge in [-0.15, -0.1) is 11.3 Å². The first-order valence-corrected chi connectivity index (χ1v) is 4.93. The minimum Gasteiger partial charge on any atom is -0.335 e. The van der Waals surface area contributed by atoms with E-state index in [0.717, 1.165) is 5.00 Å². The SMILES string of the molecule is CN(c1ccccc1)c1cncs1. The van der Waals surface area contributed by atoms with Gasteiger partial charge < -0.3 is 4.90 Å². The van der Waals surface area contributed by atoms with Crippen LogP contribution in [0.15, 0.2) is 42.0 Å². The molecule has 0 bridgehead atoms. The van der Waals surface area contributed by atoms with E-state index in [9.17, 15) is 0 Å². The van der Waals surface area contributed by atoms with Gasteiger partial charge in [0.05, 0.1) is 11.7 Å². The molecule has 0 saturated heterocycles. The lowest BCUT2D eigenvalue weighted by Gasteiger charge is -2.15. The molecule has 0 aliphatic heterocycles. The average molecular weight is 190 g/mol. The molecule has 66 valence electrons. The van der Waals surface area contributed by atoms with Crippen LogP contribution in [-0.4, -0.2) is 12.0 Å². The third-order valence-electron chi connectivity index (χ3n) is 1.89. The first-order valence-electron chi connectivity index (χ1n) is 4.05. The Morgan fingerprint density at radius 1 is 1.23 bits per heavy atom. The maximum Gasteiger partial charge on any atom is 0.115 e. The highest BCUT2D eigenvalue weighted by atomic mass is 32.1. The van der Waals surface area contributed by atoms with Gasteiger partial charge in [0.15, 0.2) is 0 Å². The zero-order valence-electron chi connectivity index (χ0n) is 7.34. The summed E-state index contributed by atoms with van der Waals surface area (Å²) in [5, 5.41) is 1.16. The Labute approximate surface area is 81.5 Å². The minimum atomic E-state index is 1.16. The summed E-state index contributed by atoms with van der Waals surface area (Å²) >= 11 is 1.64. The standard InChI is InChI=1S/C10H10N2S/c1-12(10-7-11-8-13-10)9-5-3-2-4-6-9/h2-8H,1H3. The van der Waals surface area contributed by atoms with Crippen molar-refractivity contribution in [3.05, 3.63) is 42.0 Å². The van der Waals surface area contributed by atoms with Crippen LogP contribution in [0, 0.1) is 0 Å². The van der Waals surface area contributed by atoms with Crippen molar-refractivity contribution < 1.29 is 0 Å². The molecule has 0 atom stereocenters. The molecular weight excluding hydrogens is 180 g/mol. The van der Waals surface area contributed by atoms with E-state index < -0.39 is 0 Å². The molecule has 1 heterocycles. The zero-order valence-corrected chi connectivity index (χ0v) is 8.16. The van der Waals surface area contributed by atoms with E-state index in [4.69, 9.17) is 0 Å². The average Bonchev–Trinajstić information content (AvgIpc) is 2.71. The summed E-state index contributed by atoms with van der Waals surface area (Å²) < 4.78 is 0. The number of rotatable bonds is 2. The normalized spacial score (nSPS) is 9.92. The third-order valence-corrected chi connectivity index (χ3v) is 2.74. The highest BCUT2D eigenvalue weighted by Crippen LogP contribution is 2.25. The van der Waals surface area contributed by atoms with Gasteiger partial charge in [-0.1, -0.05) is 18.2 Å². The van der Waals surface area contributed by atoms with Crippen LogP contribution in [0.4, 0.5) is 10.7 Å². The number of aromatic nitrogens is 1. The smallest absolute Gasteiger partial charge is 0.115 e. The van der Waals surface area contributed by atoms with Crippen molar-refractivity contribution in [2.45, 2.75) is 0 Å². The molecule has 3 heteroatoms. The van der Waals surface area contributed by atoms with Gasteiger partial charge >= 0.3 is 0 Å². The third kappa shape index (κ3) is 1.70. The van der Waals surface area contributed by atoms with Crippen molar-refractivity contribution >= 4 is 22.0 Å². The van der Waals surface area contributed by atoms with Crippen molar-refractivity contribution in [2.24, 2.45) is 0 Å². The second kappa shape index (κ2) is 3.58. The van der Waals surface area contributed by atoms with E-state index >= 15 is 0 Å². The second-order valence-electron chi connectivity index (χ2n) is 2.73. The van der Waals surface area contributed by atoms with Crippen LogP contribution in [0.3, 0.4) is 0 Å². The zero-order chi connectivity index (χ0) is 9.10. The molecule has 0 saturated carbocycles. The Balaban J connectivity index is 2.29. The number of benzene rings is 1. The molecule has 2 aromatic rings. The predicted octanol–water partition coefficient (Wildman–Crippen LogP) is 2.91. The summed E-state index contributed by atoms with van der Waals surface area (Å²) in [4.78, 5) is 6.17. The number of anilines is 2. The topological polar surface area (TPSA) is 16.1 Å². The van der Waals surface area contributed by atoms with Crippen molar-refractivity contribution in [1.82, 2.24) is 4.98 Å². The van der Waals surface area contributed by atoms with Gasteiger partial charge in [-0.25, -0.2) is 0 Å². The second-order valence-corrected chi connectivity index (χ2v) is 3.60. The maximum atomic E-state index is 4.05. The summed E-state index contributed by atoms with van der Waals surface area (Å²) in [5.74, 6) is 0. The highest BCUT2D eigenvalue weighted by molar-refractivity contribution is 7.13. The van der Waals surface area contributed by atoms with Gasteiger partial charge in [-0.2, -0.15) is 0 Å². The predicted molar refractivity (Wildman–Crippen MR) is 56.6 cm³/mol. The van der Waals surface area contributed by atoms with E-state index in [0.29, 0.717) is 0 Å². The molecule has 0 amide bonds. The molecule has 2 rings (SSSR count). The molecule has 0 aliphatic rings. The van der Waals surface area contributed by atoms with Crippen molar-refractivity contribution in [3.8, 4) is 0 Å². The lowest BCUT2D eigenvalue weighted by Crippen LogP contribution is -2.06. The first kappa shape index (κ1) is 8.26. The summed E-state index contributed by atoms with van der Waals surface area (Å²) in [5.41, 5.74) is 3.03. The fourth-order valence-corrected chi connectivity index (χ4v) is 1.77. The minimum absolute atomic E-state index is 1.16. The molecule has 1 aromatic carbocycles. The Morgan fingerprint density at radius 2 is 2.00 bits per heavy atom. The van der Waals surface area contributed by atoms with Crippen LogP contribution in [-0.2, 0) is 0 Å². The molecule has 2 nitrogen and oxygen atoms in total. The van der Waals surface area contributed by atoms with E-state index in [1.54, 1.807) is 11.3 Å². The number of hydrogen-bond donors (Lipinski definition) is 0. The number of thiazole rings is 1. The highest BCUT2D eigenvalue weighted by Gasteiger charge is 2.03. The fraction of sp³-hybridized carbons (Fsp3) is 0.100. The molecular formula is C10H10N2S. The van der Waals surface area contributed by atoms with Crippen molar-refractivity contribution in [1.29, 1.82) is 0 Å². The molecule has 0 N–H and O–H groups in total. The fourth-order valence-electron chi connectivity index (χ4n) is 1.15. The van der Waals surface area contributed by atoms with Gasteiger partial charge in [0.2, 0.25) is 0 Å². The molecule has 0 fully saturated rings. The monoisotopic (exact) mass is 190 g/mol. The van der Waals surface area contributed by atoms with Gasteiger partial charge in [0.1, 0.15) is 5.00 Å². The Morgan fingerprint density at radius 3 is 2.62 bits per heavy atom. The number of para-hydroxylation sites is 1. The van der Waals surface area contributed by atoms with Crippen LogP contribution in [0.1, 0.15) is 0 Å². The summed E-state index contributed by atoms with van der Waals surface area (Å²) in [6.07, 6.45) is 1.87. The lowest BCUT2D eigenvalue weighted by atomic mass is 10.3. The number of nitrogens with zero attached hydrogens (tertiary/aromatic N) is 2. The maximum absolute atomic E-state index is 4.05. The van der Waals surface area contributed by atoms with Crippen LogP contribution in [0.5, 0.6) is 0 Å². The lowest BCUT2D eigenvalue weighted by molar-refractivity contribution is 1.22. The Kier molecular flexibility index (Phi) is 2.27. The molecule has 0 spiro atoms. The van der Waals surface area contributed by atoms with E-state index in [1.807, 2.05) is 37.0 Å². The Bertz CT molecular complexity index is 356. The molecule has 1 aromatic heterocycles. The van der Waals surface area contributed by atoms with Crippen LogP contribution >= 0.6 is 11.3 Å². The van der Waals surface area contributed by atoms with Gasteiger partial charge in [0, 0.05) is 12.7 Å². The molecule has 0 aliphatic carbocycles. The molecule has 0 radical (unpaired) electrons. The van der Waals surface area contributed by atoms with Crippen LogP contribution < -0.4 is 4.90 Å². The van der Waals surface area contributed by atoms with Gasteiger partial charge in [0.25, 0.3) is 0 Å². The van der Waals surface area contributed by atoms with E-state index in [1.165, 1.54) is 5.69 Å². The van der Waals surface area contributed by atoms with E-state index in [-0.39, 0.29) is 0 Å². The van der Waals surface area contributed by atoms with Crippen LogP contribution in [0.25, 0.3) is 0 Å². The molecule has 0 unspecified atom stereocenters.